The second-order valence-electron chi connectivity index (χ2n) is 7.12. The number of para-hydroxylation sites is 2. The van der Waals surface area contributed by atoms with Crippen LogP contribution in [0.15, 0.2) is 53.7 Å². The first-order valence-corrected chi connectivity index (χ1v) is 11.5. The van der Waals surface area contributed by atoms with E-state index in [4.69, 9.17) is 16.3 Å². The van der Waals surface area contributed by atoms with Crippen LogP contribution in [0.5, 0.6) is 5.75 Å². The van der Waals surface area contributed by atoms with Crippen molar-refractivity contribution in [1.29, 1.82) is 0 Å². The SMILES string of the molecule is CCn1c(SCC(=O)Nc2ccc(Cl)cc2)nnc1C(C)N1C(=O)COc2ccccc21. The maximum atomic E-state index is 12.7. The molecule has 3 aromatic rings. The monoisotopic (exact) mass is 471 g/mol. The third-order valence-corrected chi connectivity index (χ3v) is 6.25. The molecule has 8 nitrogen and oxygen atoms in total. The standard InChI is InChI=1S/C22H22ClN5O3S/c1-3-27-21(14(2)28-17-6-4-5-7-18(17)31-12-20(28)30)25-26-22(27)32-13-19(29)24-16-10-8-15(23)9-11-16/h4-11,14H,3,12-13H2,1-2H3,(H,24,29). The van der Waals surface area contributed by atoms with Crippen molar-refractivity contribution in [2.45, 2.75) is 31.6 Å². The van der Waals surface area contributed by atoms with Crippen molar-refractivity contribution in [3.8, 4) is 5.75 Å². The molecule has 1 aliphatic heterocycles. The van der Waals surface area contributed by atoms with E-state index in [0.717, 1.165) is 0 Å². The van der Waals surface area contributed by atoms with E-state index < -0.39 is 0 Å². The highest BCUT2D eigenvalue weighted by Gasteiger charge is 2.33. The van der Waals surface area contributed by atoms with Crippen LogP contribution in [-0.2, 0) is 16.1 Å². The summed E-state index contributed by atoms with van der Waals surface area (Å²) in [6, 6.07) is 14.0. The van der Waals surface area contributed by atoms with Crippen LogP contribution < -0.4 is 15.0 Å². The lowest BCUT2D eigenvalue weighted by molar-refractivity contribution is -0.121. The van der Waals surface area contributed by atoms with Crippen molar-refractivity contribution in [1.82, 2.24) is 14.8 Å². The number of carbonyl (C=O) groups is 2. The molecule has 2 aromatic carbocycles. The molecule has 2 amide bonds. The van der Waals surface area contributed by atoms with Crippen LogP contribution in [0.4, 0.5) is 11.4 Å². The third kappa shape index (κ3) is 4.58. The van der Waals surface area contributed by atoms with Gasteiger partial charge in [0.05, 0.1) is 17.5 Å². The molecule has 0 saturated heterocycles. The lowest BCUT2D eigenvalue weighted by Gasteiger charge is -2.33. The zero-order valence-electron chi connectivity index (χ0n) is 17.6. The molecule has 2 heterocycles. The van der Waals surface area contributed by atoms with Gasteiger partial charge in [-0.05, 0) is 50.2 Å². The van der Waals surface area contributed by atoms with Crippen LogP contribution in [0.1, 0.15) is 25.7 Å². The number of hydrogen-bond donors (Lipinski definition) is 1. The van der Waals surface area contributed by atoms with Gasteiger partial charge in [0.2, 0.25) is 5.91 Å². The van der Waals surface area contributed by atoms with Gasteiger partial charge in [0, 0.05) is 17.3 Å². The van der Waals surface area contributed by atoms with Gasteiger partial charge >= 0.3 is 0 Å². The van der Waals surface area contributed by atoms with Gasteiger partial charge in [-0.15, -0.1) is 10.2 Å². The number of amides is 2. The van der Waals surface area contributed by atoms with Gasteiger partial charge in [0.15, 0.2) is 17.6 Å². The molecular weight excluding hydrogens is 450 g/mol. The first kappa shape index (κ1) is 22.2. The fourth-order valence-electron chi connectivity index (χ4n) is 3.54. The van der Waals surface area contributed by atoms with Crippen molar-refractivity contribution < 1.29 is 14.3 Å². The van der Waals surface area contributed by atoms with Crippen molar-refractivity contribution in [2.24, 2.45) is 0 Å². The molecule has 1 N–H and O–H groups in total. The van der Waals surface area contributed by atoms with Crippen LogP contribution in [0.3, 0.4) is 0 Å². The second kappa shape index (κ2) is 9.62. The highest BCUT2D eigenvalue weighted by molar-refractivity contribution is 7.99. The average molecular weight is 472 g/mol. The summed E-state index contributed by atoms with van der Waals surface area (Å²) in [6.45, 7) is 4.48. The Hall–Kier alpha value is -3.04. The second-order valence-corrected chi connectivity index (χ2v) is 8.50. The Kier molecular flexibility index (Phi) is 6.66. The van der Waals surface area contributed by atoms with E-state index in [1.165, 1.54) is 11.8 Å². The highest BCUT2D eigenvalue weighted by Crippen LogP contribution is 2.37. The maximum absolute atomic E-state index is 12.7. The van der Waals surface area contributed by atoms with E-state index in [1.807, 2.05) is 42.7 Å². The molecule has 0 aliphatic carbocycles. The molecule has 0 saturated carbocycles. The number of anilines is 2. The summed E-state index contributed by atoms with van der Waals surface area (Å²) in [5.41, 5.74) is 1.38. The van der Waals surface area contributed by atoms with Crippen LogP contribution in [-0.4, -0.2) is 38.9 Å². The van der Waals surface area contributed by atoms with Crippen LogP contribution >= 0.6 is 23.4 Å². The minimum absolute atomic E-state index is 0.0198. The summed E-state index contributed by atoms with van der Waals surface area (Å²) in [5.74, 6) is 1.19. The number of carbonyl (C=O) groups excluding carboxylic acids is 2. The number of fused-ring (bicyclic) bond motifs is 1. The predicted octanol–water partition coefficient (Wildman–Crippen LogP) is 4.17. The van der Waals surface area contributed by atoms with Gasteiger partial charge in [-0.25, -0.2) is 0 Å². The molecule has 4 rings (SSSR count). The van der Waals surface area contributed by atoms with Crippen LogP contribution in [0.25, 0.3) is 0 Å². The highest BCUT2D eigenvalue weighted by atomic mass is 35.5. The topological polar surface area (TPSA) is 89.4 Å². The summed E-state index contributed by atoms with van der Waals surface area (Å²) in [5, 5.41) is 12.7. The minimum Gasteiger partial charge on any atom is -0.482 e. The molecule has 1 aliphatic rings. The predicted molar refractivity (Wildman–Crippen MR) is 124 cm³/mol. The first-order chi connectivity index (χ1) is 15.5. The van der Waals surface area contributed by atoms with Crippen molar-refractivity contribution in [3.05, 3.63) is 59.4 Å². The maximum Gasteiger partial charge on any atom is 0.265 e. The van der Waals surface area contributed by atoms with Gasteiger partial charge < -0.3 is 14.6 Å². The van der Waals surface area contributed by atoms with E-state index in [-0.39, 0.29) is 30.2 Å². The molecule has 0 radical (unpaired) electrons. The van der Waals surface area contributed by atoms with Crippen LogP contribution in [0, 0.1) is 0 Å². The Balaban J connectivity index is 1.49. The average Bonchev–Trinajstić information content (AvgIpc) is 3.22. The minimum atomic E-state index is -0.350. The summed E-state index contributed by atoms with van der Waals surface area (Å²) < 4.78 is 7.47. The number of halogens is 1. The summed E-state index contributed by atoms with van der Waals surface area (Å²) in [4.78, 5) is 26.7. The van der Waals surface area contributed by atoms with Gasteiger partial charge in [-0.2, -0.15) is 0 Å². The van der Waals surface area contributed by atoms with Gasteiger partial charge in [0.1, 0.15) is 5.75 Å². The first-order valence-electron chi connectivity index (χ1n) is 10.1. The smallest absolute Gasteiger partial charge is 0.265 e. The quantitative estimate of drug-likeness (QED) is 0.520. The Morgan fingerprint density at radius 3 is 2.72 bits per heavy atom. The number of nitrogens with one attached hydrogen (secondary N) is 1. The van der Waals surface area contributed by atoms with E-state index in [1.54, 1.807) is 29.2 Å². The Labute approximate surface area is 194 Å². The van der Waals surface area contributed by atoms with E-state index in [0.29, 0.717) is 39.7 Å². The van der Waals surface area contributed by atoms with Gasteiger partial charge in [-0.3, -0.25) is 14.5 Å². The number of benzene rings is 2. The zero-order valence-corrected chi connectivity index (χ0v) is 19.2. The van der Waals surface area contributed by atoms with E-state index in [9.17, 15) is 9.59 Å². The largest absolute Gasteiger partial charge is 0.482 e. The number of aromatic nitrogens is 3. The van der Waals surface area contributed by atoms with Crippen molar-refractivity contribution >= 4 is 46.6 Å². The lowest BCUT2D eigenvalue weighted by atomic mass is 10.1. The van der Waals surface area contributed by atoms with E-state index >= 15 is 0 Å². The number of nitrogens with zero attached hydrogens (tertiary/aromatic N) is 4. The molecule has 166 valence electrons. The number of hydrogen-bond acceptors (Lipinski definition) is 6. The van der Waals surface area contributed by atoms with Crippen molar-refractivity contribution in [2.75, 3.05) is 22.6 Å². The fourth-order valence-corrected chi connectivity index (χ4v) is 4.47. The molecule has 0 fully saturated rings. The summed E-state index contributed by atoms with van der Waals surface area (Å²) in [6.07, 6.45) is 0. The molecule has 1 unspecified atom stereocenters. The number of thioether (sulfide) groups is 1. The van der Waals surface area contributed by atoms with E-state index in [2.05, 4.69) is 15.5 Å². The van der Waals surface area contributed by atoms with Gasteiger partial charge in [0.25, 0.3) is 5.91 Å². The molecule has 32 heavy (non-hydrogen) atoms. The Morgan fingerprint density at radius 2 is 1.97 bits per heavy atom. The van der Waals surface area contributed by atoms with Gasteiger partial charge in [-0.1, -0.05) is 35.5 Å². The summed E-state index contributed by atoms with van der Waals surface area (Å²) in [7, 11) is 0. The lowest BCUT2D eigenvalue weighted by Crippen LogP contribution is -2.41. The Bertz CT molecular complexity index is 1130. The molecule has 10 heteroatoms. The fraction of sp³-hybridized carbons (Fsp3) is 0.273. The molecule has 1 atom stereocenters. The Morgan fingerprint density at radius 1 is 1.22 bits per heavy atom. The number of ether oxygens (including phenoxy) is 1. The summed E-state index contributed by atoms with van der Waals surface area (Å²) >= 11 is 7.17. The van der Waals surface area contributed by atoms with Crippen LogP contribution in [0.2, 0.25) is 5.02 Å². The zero-order chi connectivity index (χ0) is 22.7. The number of rotatable bonds is 7. The normalized spacial score (nSPS) is 14.0. The molecule has 1 aromatic heterocycles. The molecule has 0 spiro atoms. The third-order valence-electron chi connectivity index (χ3n) is 5.03. The van der Waals surface area contributed by atoms with Crippen molar-refractivity contribution in [3.63, 3.8) is 0 Å². The molecular formula is C22H22ClN5O3S. The molecule has 0 bridgehead atoms.